The number of nitriles is 1. The van der Waals surface area contributed by atoms with Gasteiger partial charge in [0.1, 0.15) is 27.8 Å². The van der Waals surface area contributed by atoms with Crippen LogP contribution in [0.25, 0.3) is 37.4 Å². The van der Waals surface area contributed by atoms with E-state index in [0.29, 0.717) is 5.69 Å². The van der Waals surface area contributed by atoms with Crippen molar-refractivity contribution in [2.45, 2.75) is 13.5 Å². The highest BCUT2D eigenvalue weighted by Gasteiger charge is 2.17. The number of fused-ring (bicyclic) bond motifs is 4. The molecule has 0 unspecified atom stereocenters. The first-order valence-corrected chi connectivity index (χ1v) is 10.5. The summed E-state index contributed by atoms with van der Waals surface area (Å²) in [6, 6.07) is 21.1. The van der Waals surface area contributed by atoms with Gasteiger partial charge >= 0.3 is 0 Å². The third-order valence-electron chi connectivity index (χ3n) is 4.77. The predicted octanol–water partition coefficient (Wildman–Crippen LogP) is 2.72. The summed E-state index contributed by atoms with van der Waals surface area (Å²) in [5.41, 5.74) is 4.14. The van der Waals surface area contributed by atoms with E-state index in [1.54, 1.807) is 22.7 Å². The van der Waals surface area contributed by atoms with Crippen LogP contribution in [-0.4, -0.2) is 4.40 Å². The lowest BCUT2D eigenvalue weighted by atomic mass is 10.3. The van der Waals surface area contributed by atoms with Crippen LogP contribution in [-0.2, 0) is 6.54 Å². The molecule has 0 N–H and O–H groups in total. The lowest BCUT2D eigenvalue weighted by Gasteiger charge is -1.91. The van der Waals surface area contributed by atoms with E-state index < -0.39 is 0 Å². The molecule has 0 aliphatic rings. The highest BCUT2D eigenvalue weighted by atomic mass is 127. The SMILES string of the molecule is CC[n+]1c(/C=C/c2cc(C#N)n3c2sc2ccccc23)sc2ccccc21.[I-]. The molecule has 0 atom stereocenters. The highest BCUT2D eigenvalue weighted by molar-refractivity contribution is 7.24. The summed E-state index contributed by atoms with van der Waals surface area (Å²) < 4.78 is 6.89. The molecule has 0 aliphatic carbocycles. The van der Waals surface area contributed by atoms with E-state index in [-0.39, 0.29) is 24.0 Å². The molecule has 0 fully saturated rings. The minimum absolute atomic E-state index is 0. The van der Waals surface area contributed by atoms with Gasteiger partial charge in [-0.05, 0) is 37.3 Å². The molecular weight excluding hydrogens is 497 g/mol. The fraction of sp³-hybridized carbons (Fsp3) is 0.0909. The number of halogens is 1. The summed E-state index contributed by atoms with van der Waals surface area (Å²) in [6.07, 6.45) is 4.32. The molecule has 3 nitrogen and oxygen atoms in total. The summed E-state index contributed by atoms with van der Waals surface area (Å²) in [6.45, 7) is 3.11. The second-order valence-corrected chi connectivity index (χ2v) is 8.39. The Morgan fingerprint density at radius 1 is 1.04 bits per heavy atom. The quantitative estimate of drug-likeness (QED) is 0.270. The molecule has 2 aromatic carbocycles. The van der Waals surface area contributed by atoms with E-state index in [4.69, 9.17) is 0 Å². The molecule has 3 aromatic heterocycles. The van der Waals surface area contributed by atoms with Crippen molar-refractivity contribution in [2.24, 2.45) is 0 Å². The molecule has 5 rings (SSSR count). The smallest absolute Gasteiger partial charge is 0.262 e. The van der Waals surface area contributed by atoms with Crippen LogP contribution in [0.15, 0.2) is 54.6 Å². The summed E-state index contributed by atoms with van der Waals surface area (Å²) in [5.74, 6) is 0. The first-order chi connectivity index (χ1) is 13.3. The predicted molar refractivity (Wildman–Crippen MR) is 114 cm³/mol. The molecule has 138 valence electrons. The van der Waals surface area contributed by atoms with Crippen molar-refractivity contribution in [3.05, 3.63) is 70.9 Å². The van der Waals surface area contributed by atoms with Crippen LogP contribution in [0.3, 0.4) is 0 Å². The summed E-state index contributed by atoms with van der Waals surface area (Å²) in [4.78, 5) is 1.12. The number of aryl methyl sites for hydroxylation is 1. The Bertz CT molecular complexity index is 1380. The van der Waals surface area contributed by atoms with Crippen molar-refractivity contribution in [3.8, 4) is 6.07 Å². The number of hydrogen-bond donors (Lipinski definition) is 0. The van der Waals surface area contributed by atoms with E-state index in [1.807, 2.05) is 18.2 Å². The molecule has 0 bridgehead atoms. The first kappa shape index (κ1) is 19.1. The Morgan fingerprint density at radius 2 is 1.79 bits per heavy atom. The average molecular weight is 513 g/mol. The molecule has 0 spiro atoms. The Balaban J connectivity index is 0.00000192. The molecular formula is C22H16IN3S2. The van der Waals surface area contributed by atoms with Crippen LogP contribution in [0.5, 0.6) is 0 Å². The Hall–Kier alpha value is -2.21. The van der Waals surface area contributed by atoms with Gasteiger partial charge in [0, 0.05) is 17.7 Å². The lowest BCUT2D eigenvalue weighted by Crippen LogP contribution is -3.00. The van der Waals surface area contributed by atoms with Crippen LogP contribution in [0.2, 0.25) is 0 Å². The van der Waals surface area contributed by atoms with Crippen LogP contribution in [0.4, 0.5) is 0 Å². The number of aromatic nitrogens is 2. The molecule has 3 heterocycles. The maximum absolute atomic E-state index is 9.60. The van der Waals surface area contributed by atoms with Gasteiger partial charge in [-0.1, -0.05) is 35.6 Å². The lowest BCUT2D eigenvalue weighted by molar-refractivity contribution is -0.665. The molecule has 0 radical (unpaired) electrons. The monoisotopic (exact) mass is 513 g/mol. The normalized spacial score (nSPS) is 11.4. The minimum Gasteiger partial charge on any atom is -1.00 e. The molecule has 5 aromatic rings. The van der Waals surface area contributed by atoms with Crippen molar-refractivity contribution in [3.63, 3.8) is 0 Å². The zero-order valence-electron chi connectivity index (χ0n) is 15.1. The van der Waals surface area contributed by atoms with Crippen molar-refractivity contribution < 1.29 is 28.5 Å². The maximum atomic E-state index is 9.60. The Morgan fingerprint density at radius 3 is 2.57 bits per heavy atom. The topological polar surface area (TPSA) is 32.1 Å². The Kier molecular flexibility index (Phi) is 5.23. The first-order valence-electron chi connectivity index (χ1n) is 8.82. The van der Waals surface area contributed by atoms with Gasteiger partial charge in [-0.15, -0.1) is 11.3 Å². The molecule has 0 amide bonds. The Labute approximate surface area is 187 Å². The van der Waals surface area contributed by atoms with Gasteiger partial charge in [-0.3, -0.25) is 4.40 Å². The molecule has 28 heavy (non-hydrogen) atoms. The molecule has 6 heteroatoms. The number of benzene rings is 2. The van der Waals surface area contributed by atoms with Crippen molar-refractivity contribution in [1.82, 2.24) is 4.40 Å². The fourth-order valence-electron chi connectivity index (χ4n) is 3.55. The second-order valence-electron chi connectivity index (χ2n) is 6.29. The average Bonchev–Trinajstić information content (AvgIpc) is 3.36. The molecule has 0 aliphatic heterocycles. The summed E-state index contributed by atoms with van der Waals surface area (Å²) in [5, 5.41) is 10.8. The van der Waals surface area contributed by atoms with Gasteiger partial charge in [0.25, 0.3) is 5.01 Å². The van der Waals surface area contributed by atoms with Crippen LogP contribution in [0.1, 0.15) is 23.2 Å². The molecule has 0 saturated heterocycles. The van der Waals surface area contributed by atoms with Crippen molar-refractivity contribution >= 4 is 60.1 Å². The highest BCUT2D eigenvalue weighted by Crippen LogP contribution is 2.33. The van der Waals surface area contributed by atoms with E-state index in [0.717, 1.165) is 22.5 Å². The van der Waals surface area contributed by atoms with E-state index in [1.165, 1.54) is 19.9 Å². The number of rotatable bonds is 3. The number of thiazole rings is 2. The van der Waals surface area contributed by atoms with Gasteiger partial charge in [0.15, 0.2) is 0 Å². The number of nitrogens with zero attached hydrogens (tertiary/aromatic N) is 3. The van der Waals surface area contributed by atoms with Crippen molar-refractivity contribution in [1.29, 1.82) is 5.26 Å². The van der Waals surface area contributed by atoms with E-state index in [2.05, 4.69) is 70.5 Å². The number of hydrogen-bond acceptors (Lipinski definition) is 3. The molecule has 0 saturated carbocycles. The van der Waals surface area contributed by atoms with Gasteiger partial charge in [0.05, 0.1) is 10.2 Å². The number of para-hydroxylation sites is 2. The van der Waals surface area contributed by atoms with Gasteiger partial charge < -0.3 is 24.0 Å². The fourth-order valence-corrected chi connectivity index (χ4v) is 5.83. The van der Waals surface area contributed by atoms with E-state index >= 15 is 0 Å². The second kappa shape index (κ2) is 7.66. The van der Waals surface area contributed by atoms with E-state index in [9.17, 15) is 5.26 Å². The summed E-state index contributed by atoms with van der Waals surface area (Å²) in [7, 11) is 0. The van der Waals surface area contributed by atoms with Gasteiger partial charge in [-0.25, -0.2) is 0 Å². The third kappa shape index (κ3) is 2.94. The third-order valence-corrected chi connectivity index (χ3v) is 7.08. The standard InChI is InChI=1S/C22H16N3S2.HI/c1-2-24-17-7-3-5-9-19(17)26-21(24)12-11-15-13-16(14-23)25-18-8-4-6-10-20(18)27-22(15)25;/h3-13H,2H2,1H3;1H/q+1;/p-1. The van der Waals surface area contributed by atoms with Crippen molar-refractivity contribution in [2.75, 3.05) is 0 Å². The zero-order chi connectivity index (χ0) is 18.4. The maximum Gasteiger partial charge on any atom is 0.262 e. The van der Waals surface area contributed by atoms with Crippen LogP contribution in [0, 0.1) is 11.3 Å². The summed E-state index contributed by atoms with van der Waals surface area (Å²) >= 11 is 3.53. The largest absolute Gasteiger partial charge is 1.00 e. The van der Waals surface area contributed by atoms with Gasteiger partial charge in [0.2, 0.25) is 5.52 Å². The zero-order valence-corrected chi connectivity index (χ0v) is 18.9. The minimum atomic E-state index is 0. The van der Waals surface area contributed by atoms with Gasteiger partial charge in [-0.2, -0.15) is 9.83 Å². The van der Waals surface area contributed by atoms with Crippen LogP contribution < -0.4 is 28.5 Å². The van der Waals surface area contributed by atoms with Crippen LogP contribution >= 0.6 is 22.7 Å².